The molecule has 1 amide bonds. The number of rotatable bonds is 7. The smallest absolute Gasteiger partial charge is 0.272 e. The van der Waals surface area contributed by atoms with Crippen molar-refractivity contribution in [3.63, 3.8) is 0 Å². The summed E-state index contributed by atoms with van der Waals surface area (Å²) in [7, 11) is 3.26. The Morgan fingerprint density at radius 2 is 1.85 bits per heavy atom. The number of benzene rings is 2. The Morgan fingerprint density at radius 1 is 1.04 bits per heavy atom. The fourth-order valence-corrected chi connectivity index (χ4v) is 2.77. The summed E-state index contributed by atoms with van der Waals surface area (Å²) in [6, 6.07) is 19.2. The second-order valence-corrected chi connectivity index (χ2v) is 5.96. The number of carbonyl (C=O) groups excluding carboxylic acids is 1. The highest BCUT2D eigenvalue weighted by atomic mass is 16.5. The van der Waals surface area contributed by atoms with Gasteiger partial charge in [-0.3, -0.25) is 4.79 Å². The van der Waals surface area contributed by atoms with Crippen molar-refractivity contribution in [1.82, 2.24) is 9.88 Å². The van der Waals surface area contributed by atoms with Crippen LogP contribution in [0.3, 0.4) is 0 Å². The molecule has 0 saturated carbocycles. The van der Waals surface area contributed by atoms with Crippen LogP contribution in [-0.2, 0) is 11.3 Å². The predicted molar refractivity (Wildman–Crippen MR) is 101 cm³/mol. The van der Waals surface area contributed by atoms with E-state index in [1.807, 2.05) is 54.6 Å². The molecule has 0 spiro atoms. The average Bonchev–Trinajstić information content (AvgIpc) is 2.70. The lowest BCUT2D eigenvalue weighted by Crippen LogP contribution is -2.34. The topological polar surface area (TPSA) is 51.7 Å². The van der Waals surface area contributed by atoms with E-state index in [0.29, 0.717) is 25.4 Å². The van der Waals surface area contributed by atoms with Crippen molar-refractivity contribution in [3.8, 4) is 5.75 Å². The van der Waals surface area contributed by atoms with Gasteiger partial charge in [0.05, 0.1) is 19.2 Å². The summed E-state index contributed by atoms with van der Waals surface area (Å²) in [5.74, 6) is 0.660. The number of ether oxygens (including phenoxy) is 2. The van der Waals surface area contributed by atoms with Crippen molar-refractivity contribution in [2.75, 3.05) is 27.4 Å². The fourth-order valence-electron chi connectivity index (χ4n) is 2.77. The van der Waals surface area contributed by atoms with Gasteiger partial charge in [-0.2, -0.15) is 0 Å². The lowest BCUT2D eigenvalue weighted by Gasteiger charge is -2.22. The van der Waals surface area contributed by atoms with Gasteiger partial charge < -0.3 is 14.4 Å². The molecule has 0 aliphatic heterocycles. The molecular formula is C21H22N2O3. The standard InChI is InChI=1S/C21H22N2O3/c1-25-13-12-23(15-16-6-4-3-5-7-16)21(24)20-10-8-17-14-18(26-2)9-11-19(17)22-20/h3-11,14H,12-13,15H2,1-2H3. The average molecular weight is 350 g/mol. The lowest BCUT2D eigenvalue weighted by atomic mass is 10.1. The Morgan fingerprint density at radius 3 is 2.58 bits per heavy atom. The van der Waals surface area contributed by atoms with Crippen molar-refractivity contribution in [1.29, 1.82) is 0 Å². The van der Waals surface area contributed by atoms with Crippen LogP contribution < -0.4 is 4.74 Å². The monoisotopic (exact) mass is 350 g/mol. The molecule has 0 aliphatic carbocycles. The summed E-state index contributed by atoms with van der Waals surface area (Å²) in [6.45, 7) is 1.50. The Bertz CT molecular complexity index is 881. The molecule has 2 aromatic carbocycles. The Balaban J connectivity index is 1.86. The zero-order chi connectivity index (χ0) is 18.4. The van der Waals surface area contributed by atoms with E-state index in [1.54, 1.807) is 25.2 Å². The summed E-state index contributed by atoms with van der Waals surface area (Å²) in [6.07, 6.45) is 0. The van der Waals surface area contributed by atoms with Gasteiger partial charge >= 0.3 is 0 Å². The third-order valence-corrected chi connectivity index (χ3v) is 4.18. The molecular weight excluding hydrogens is 328 g/mol. The van der Waals surface area contributed by atoms with Gasteiger partial charge in [0, 0.05) is 25.6 Å². The lowest BCUT2D eigenvalue weighted by molar-refractivity contribution is 0.0675. The van der Waals surface area contributed by atoms with Crippen LogP contribution in [0.5, 0.6) is 5.75 Å². The molecule has 0 N–H and O–H groups in total. The molecule has 3 aromatic rings. The van der Waals surface area contributed by atoms with Gasteiger partial charge in [0.15, 0.2) is 0 Å². The molecule has 0 aliphatic rings. The van der Waals surface area contributed by atoms with Crippen molar-refractivity contribution >= 4 is 16.8 Å². The van der Waals surface area contributed by atoms with Gasteiger partial charge in [0.25, 0.3) is 5.91 Å². The molecule has 134 valence electrons. The Hall–Kier alpha value is -2.92. The van der Waals surface area contributed by atoms with Gasteiger partial charge in [-0.1, -0.05) is 36.4 Å². The third-order valence-electron chi connectivity index (χ3n) is 4.18. The summed E-state index contributed by atoms with van der Waals surface area (Å²) < 4.78 is 10.4. The van der Waals surface area contributed by atoms with E-state index in [2.05, 4.69) is 4.98 Å². The van der Waals surface area contributed by atoms with E-state index < -0.39 is 0 Å². The van der Waals surface area contributed by atoms with Crippen LogP contribution >= 0.6 is 0 Å². The normalized spacial score (nSPS) is 10.7. The second kappa shape index (κ2) is 8.45. The van der Waals surface area contributed by atoms with Gasteiger partial charge in [0.2, 0.25) is 0 Å². The number of carbonyl (C=O) groups is 1. The first-order chi connectivity index (χ1) is 12.7. The highest BCUT2D eigenvalue weighted by Gasteiger charge is 2.18. The zero-order valence-corrected chi connectivity index (χ0v) is 15.0. The predicted octanol–water partition coefficient (Wildman–Crippen LogP) is 3.53. The van der Waals surface area contributed by atoms with Crippen LogP contribution in [0.1, 0.15) is 16.1 Å². The van der Waals surface area contributed by atoms with Crippen LogP contribution in [0, 0.1) is 0 Å². The molecule has 0 atom stereocenters. The van der Waals surface area contributed by atoms with Gasteiger partial charge in [-0.15, -0.1) is 0 Å². The highest BCUT2D eigenvalue weighted by molar-refractivity contribution is 5.95. The molecule has 26 heavy (non-hydrogen) atoms. The number of methoxy groups -OCH3 is 2. The number of nitrogens with zero attached hydrogens (tertiary/aromatic N) is 2. The first-order valence-corrected chi connectivity index (χ1v) is 8.48. The van der Waals surface area contributed by atoms with E-state index >= 15 is 0 Å². The first-order valence-electron chi connectivity index (χ1n) is 8.48. The number of hydrogen-bond donors (Lipinski definition) is 0. The highest BCUT2D eigenvalue weighted by Crippen LogP contribution is 2.20. The summed E-state index contributed by atoms with van der Waals surface area (Å²) >= 11 is 0. The number of amides is 1. The van der Waals surface area contributed by atoms with Crippen LogP contribution in [0.2, 0.25) is 0 Å². The molecule has 0 fully saturated rings. The summed E-state index contributed by atoms with van der Waals surface area (Å²) in [5, 5.41) is 0.937. The van der Waals surface area contributed by atoms with Crippen LogP contribution in [0.4, 0.5) is 0 Å². The van der Waals surface area contributed by atoms with Crippen LogP contribution in [0.25, 0.3) is 10.9 Å². The molecule has 5 nitrogen and oxygen atoms in total. The van der Waals surface area contributed by atoms with Crippen molar-refractivity contribution in [3.05, 3.63) is 71.9 Å². The van der Waals surface area contributed by atoms with Crippen molar-refractivity contribution in [2.45, 2.75) is 6.54 Å². The van der Waals surface area contributed by atoms with E-state index in [9.17, 15) is 4.79 Å². The number of aromatic nitrogens is 1. The second-order valence-electron chi connectivity index (χ2n) is 5.96. The van der Waals surface area contributed by atoms with E-state index in [1.165, 1.54) is 0 Å². The molecule has 0 radical (unpaired) electrons. The molecule has 1 heterocycles. The maximum atomic E-state index is 13.0. The van der Waals surface area contributed by atoms with Crippen molar-refractivity contribution in [2.24, 2.45) is 0 Å². The van der Waals surface area contributed by atoms with Crippen LogP contribution in [0.15, 0.2) is 60.7 Å². The SMILES string of the molecule is COCCN(Cc1ccccc1)C(=O)c1ccc2cc(OC)ccc2n1. The van der Waals surface area contributed by atoms with Gasteiger partial charge in [-0.25, -0.2) is 4.98 Å². The van der Waals surface area contributed by atoms with Gasteiger partial charge in [-0.05, 0) is 29.8 Å². The first kappa shape index (κ1) is 17.9. The van der Waals surface area contributed by atoms with Crippen LogP contribution in [-0.4, -0.2) is 43.2 Å². The minimum absolute atomic E-state index is 0.108. The molecule has 0 bridgehead atoms. The van der Waals surface area contributed by atoms with E-state index in [0.717, 1.165) is 22.2 Å². The summed E-state index contributed by atoms with van der Waals surface area (Å²) in [4.78, 5) is 19.3. The Labute approximate surface area is 153 Å². The maximum absolute atomic E-state index is 13.0. The molecule has 0 unspecified atom stereocenters. The van der Waals surface area contributed by atoms with Crippen molar-refractivity contribution < 1.29 is 14.3 Å². The summed E-state index contributed by atoms with van der Waals surface area (Å²) in [5.41, 5.74) is 2.26. The number of hydrogen-bond acceptors (Lipinski definition) is 4. The zero-order valence-electron chi connectivity index (χ0n) is 15.0. The fraction of sp³-hybridized carbons (Fsp3) is 0.238. The number of pyridine rings is 1. The van der Waals surface area contributed by atoms with E-state index in [4.69, 9.17) is 9.47 Å². The number of fused-ring (bicyclic) bond motifs is 1. The molecule has 5 heteroatoms. The molecule has 0 saturated heterocycles. The minimum atomic E-state index is -0.108. The third kappa shape index (κ3) is 4.18. The minimum Gasteiger partial charge on any atom is -0.497 e. The molecule has 1 aromatic heterocycles. The van der Waals surface area contributed by atoms with Gasteiger partial charge in [0.1, 0.15) is 11.4 Å². The van der Waals surface area contributed by atoms with E-state index in [-0.39, 0.29) is 5.91 Å². The Kier molecular flexibility index (Phi) is 5.81. The molecule has 3 rings (SSSR count). The largest absolute Gasteiger partial charge is 0.497 e. The maximum Gasteiger partial charge on any atom is 0.272 e. The quantitative estimate of drug-likeness (QED) is 0.654.